The minimum Gasteiger partial charge on any atom is -0.493 e. The molecule has 1 saturated heterocycles. The Labute approximate surface area is 200 Å². The lowest BCUT2D eigenvalue weighted by atomic mass is 10.1. The van der Waals surface area contributed by atoms with Gasteiger partial charge in [0.2, 0.25) is 0 Å². The summed E-state index contributed by atoms with van der Waals surface area (Å²) in [5, 5.41) is 5.32. The predicted octanol–water partition coefficient (Wildman–Crippen LogP) is 3.18. The fraction of sp³-hybridized carbons (Fsp3) is 0.130. The molecular weight excluding hydrogens is 466 g/mol. The van der Waals surface area contributed by atoms with E-state index in [2.05, 4.69) is 17.2 Å². The SMILES string of the molecule is C=CCN1C(=O)/C(=C/c2cc(Cl)c(OCC(=O)Nc3ccccc3)c(OC)c2)C(=O)NC1=S. The monoisotopic (exact) mass is 485 g/mol. The van der Waals surface area contributed by atoms with Gasteiger partial charge in [-0.2, -0.15) is 0 Å². The highest BCUT2D eigenvalue weighted by Gasteiger charge is 2.32. The van der Waals surface area contributed by atoms with Crippen LogP contribution in [-0.4, -0.2) is 48.0 Å². The maximum atomic E-state index is 12.7. The normalized spacial score (nSPS) is 14.7. The second-order valence-electron chi connectivity index (χ2n) is 6.76. The third-order valence-corrected chi connectivity index (χ3v) is 5.07. The molecule has 0 atom stereocenters. The Hall–Kier alpha value is -3.69. The maximum absolute atomic E-state index is 12.7. The molecule has 0 unspecified atom stereocenters. The number of thiocarbonyl (C=S) groups is 1. The van der Waals surface area contributed by atoms with Crippen LogP contribution in [0.1, 0.15) is 5.56 Å². The van der Waals surface area contributed by atoms with Crippen LogP contribution in [0.15, 0.2) is 60.7 Å². The third kappa shape index (κ3) is 5.76. The molecule has 2 N–H and O–H groups in total. The summed E-state index contributed by atoms with van der Waals surface area (Å²) in [5.74, 6) is -1.19. The molecule has 3 amide bonds. The topological polar surface area (TPSA) is 97.0 Å². The largest absolute Gasteiger partial charge is 0.493 e. The van der Waals surface area contributed by atoms with Crippen LogP contribution in [0.3, 0.4) is 0 Å². The third-order valence-electron chi connectivity index (χ3n) is 4.47. The number of nitrogens with zero attached hydrogens (tertiary/aromatic N) is 1. The molecule has 1 aliphatic rings. The Morgan fingerprint density at radius 2 is 2.00 bits per heavy atom. The highest BCUT2D eigenvalue weighted by molar-refractivity contribution is 7.80. The highest BCUT2D eigenvalue weighted by atomic mass is 35.5. The van der Waals surface area contributed by atoms with Gasteiger partial charge < -0.3 is 14.8 Å². The molecule has 33 heavy (non-hydrogen) atoms. The number of carbonyl (C=O) groups excluding carboxylic acids is 3. The summed E-state index contributed by atoms with van der Waals surface area (Å²) in [6.07, 6.45) is 2.87. The molecule has 0 aromatic heterocycles. The van der Waals surface area contributed by atoms with Crippen LogP contribution in [0.25, 0.3) is 6.08 Å². The molecule has 2 aromatic rings. The molecule has 2 aromatic carbocycles. The number of benzene rings is 2. The number of carbonyl (C=O) groups is 3. The van der Waals surface area contributed by atoms with Crippen LogP contribution in [0.5, 0.6) is 11.5 Å². The number of methoxy groups -OCH3 is 1. The first-order chi connectivity index (χ1) is 15.8. The van der Waals surface area contributed by atoms with E-state index in [1.807, 2.05) is 6.07 Å². The van der Waals surface area contributed by atoms with Crippen molar-refractivity contribution >= 4 is 58.4 Å². The fourth-order valence-electron chi connectivity index (χ4n) is 2.98. The summed E-state index contributed by atoms with van der Waals surface area (Å²) in [7, 11) is 1.40. The Morgan fingerprint density at radius 1 is 1.27 bits per heavy atom. The Morgan fingerprint density at radius 3 is 2.67 bits per heavy atom. The second-order valence-corrected chi connectivity index (χ2v) is 7.55. The van der Waals surface area contributed by atoms with Crippen LogP contribution < -0.4 is 20.1 Å². The molecule has 0 aliphatic carbocycles. The Bertz CT molecular complexity index is 1150. The van der Waals surface area contributed by atoms with Crippen molar-refractivity contribution in [3.05, 3.63) is 71.3 Å². The van der Waals surface area contributed by atoms with Crippen LogP contribution >= 0.6 is 23.8 Å². The standard InChI is InChI=1S/C23H20ClN3O5S/c1-3-9-27-22(30)16(21(29)26-23(27)33)10-14-11-17(24)20(18(12-14)31-2)32-13-19(28)25-15-7-5-4-6-8-15/h3-8,10-12H,1,9,13H2,2H3,(H,25,28)(H,26,29,33)/b16-10+. The average Bonchev–Trinajstić information content (AvgIpc) is 2.79. The van der Waals surface area contributed by atoms with Crippen LogP contribution in [0.4, 0.5) is 5.69 Å². The zero-order chi connectivity index (χ0) is 24.0. The van der Waals surface area contributed by atoms with Crippen molar-refractivity contribution in [1.82, 2.24) is 10.2 Å². The van der Waals surface area contributed by atoms with Crippen molar-refractivity contribution in [2.24, 2.45) is 0 Å². The van der Waals surface area contributed by atoms with Crippen molar-refractivity contribution in [2.45, 2.75) is 0 Å². The van der Waals surface area contributed by atoms with E-state index in [9.17, 15) is 14.4 Å². The van der Waals surface area contributed by atoms with E-state index >= 15 is 0 Å². The van der Waals surface area contributed by atoms with E-state index in [0.29, 0.717) is 11.3 Å². The molecule has 10 heteroatoms. The summed E-state index contributed by atoms with van der Waals surface area (Å²) in [6, 6.07) is 12.0. The lowest BCUT2D eigenvalue weighted by Crippen LogP contribution is -2.53. The molecule has 1 aliphatic heterocycles. The Balaban J connectivity index is 1.80. The molecule has 0 radical (unpaired) electrons. The van der Waals surface area contributed by atoms with Crippen molar-refractivity contribution in [1.29, 1.82) is 0 Å². The summed E-state index contributed by atoms with van der Waals surface area (Å²) in [6.45, 7) is 3.43. The van der Waals surface area contributed by atoms with Crippen LogP contribution in [0, 0.1) is 0 Å². The summed E-state index contributed by atoms with van der Waals surface area (Å²) < 4.78 is 10.9. The summed E-state index contributed by atoms with van der Waals surface area (Å²) in [5.41, 5.74) is 0.925. The lowest BCUT2D eigenvalue weighted by molar-refractivity contribution is -0.128. The first kappa shape index (κ1) is 24.0. The molecular formula is C23H20ClN3O5S. The second kappa shape index (κ2) is 10.8. The molecule has 0 bridgehead atoms. The number of ether oxygens (including phenoxy) is 2. The zero-order valence-electron chi connectivity index (χ0n) is 17.6. The van der Waals surface area contributed by atoms with Crippen molar-refractivity contribution < 1.29 is 23.9 Å². The number of hydrogen-bond donors (Lipinski definition) is 2. The van der Waals surface area contributed by atoms with Crippen LogP contribution in [0.2, 0.25) is 5.02 Å². The molecule has 3 rings (SSSR count). The number of para-hydroxylation sites is 1. The number of nitrogens with one attached hydrogen (secondary N) is 2. The maximum Gasteiger partial charge on any atom is 0.265 e. The van der Waals surface area contributed by atoms with Gasteiger partial charge in [-0.3, -0.25) is 24.6 Å². The number of amides is 3. The molecule has 8 nitrogen and oxygen atoms in total. The first-order valence-electron chi connectivity index (χ1n) is 9.69. The average molecular weight is 486 g/mol. The predicted molar refractivity (Wildman–Crippen MR) is 129 cm³/mol. The van der Waals surface area contributed by atoms with E-state index in [-0.39, 0.29) is 46.3 Å². The van der Waals surface area contributed by atoms with E-state index < -0.39 is 11.8 Å². The first-order valence-corrected chi connectivity index (χ1v) is 10.5. The number of anilines is 1. The van der Waals surface area contributed by atoms with E-state index in [1.54, 1.807) is 24.3 Å². The van der Waals surface area contributed by atoms with Gasteiger partial charge in [-0.25, -0.2) is 0 Å². The molecule has 1 fully saturated rings. The van der Waals surface area contributed by atoms with Crippen molar-refractivity contribution in [2.75, 3.05) is 25.6 Å². The number of hydrogen-bond acceptors (Lipinski definition) is 6. The Kier molecular flexibility index (Phi) is 7.81. The fourth-order valence-corrected chi connectivity index (χ4v) is 3.50. The van der Waals surface area contributed by atoms with Gasteiger partial charge in [0, 0.05) is 12.2 Å². The lowest BCUT2D eigenvalue weighted by Gasteiger charge is -2.27. The van der Waals surface area contributed by atoms with E-state index in [1.165, 1.54) is 36.3 Å². The van der Waals surface area contributed by atoms with Gasteiger partial charge in [-0.15, -0.1) is 6.58 Å². The minimum atomic E-state index is -0.627. The van der Waals surface area contributed by atoms with Crippen molar-refractivity contribution in [3.63, 3.8) is 0 Å². The molecule has 0 saturated carbocycles. The molecule has 1 heterocycles. The summed E-state index contributed by atoms with van der Waals surface area (Å²) >= 11 is 11.4. The smallest absolute Gasteiger partial charge is 0.265 e. The summed E-state index contributed by atoms with van der Waals surface area (Å²) in [4.78, 5) is 38.4. The van der Waals surface area contributed by atoms with Gasteiger partial charge in [0.25, 0.3) is 17.7 Å². The van der Waals surface area contributed by atoms with Gasteiger partial charge in [0.05, 0.1) is 12.1 Å². The van der Waals surface area contributed by atoms with Gasteiger partial charge >= 0.3 is 0 Å². The molecule has 0 spiro atoms. The van der Waals surface area contributed by atoms with Crippen LogP contribution in [-0.2, 0) is 14.4 Å². The molecule has 170 valence electrons. The minimum absolute atomic E-state index is 0.00944. The van der Waals surface area contributed by atoms with E-state index in [4.69, 9.17) is 33.3 Å². The van der Waals surface area contributed by atoms with E-state index in [0.717, 1.165) is 0 Å². The highest BCUT2D eigenvalue weighted by Crippen LogP contribution is 2.37. The quantitative estimate of drug-likeness (QED) is 0.258. The van der Waals surface area contributed by atoms with Gasteiger partial charge in [0.1, 0.15) is 5.57 Å². The van der Waals surface area contributed by atoms with Gasteiger partial charge in [0.15, 0.2) is 23.2 Å². The van der Waals surface area contributed by atoms with Gasteiger partial charge in [-0.05, 0) is 48.1 Å². The number of rotatable bonds is 8. The zero-order valence-corrected chi connectivity index (χ0v) is 19.2. The number of halogens is 1. The van der Waals surface area contributed by atoms with Crippen molar-refractivity contribution in [3.8, 4) is 11.5 Å². The van der Waals surface area contributed by atoms with Gasteiger partial charge in [-0.1, -0.05) is 35.9 Å².